The summed E-state index contributed by atoms with van der Waals surface area (Å²) < 4.78 is 2.63. The molecule has 0 bridgehead atoms. The first-order valence-corrected chi connectivity index (χ1v) is 6.14. The second kappa shape index (κ2) is 3.92. The fraction of sp³-hybridized carbons (Fsp3) is 0.0833. The van der Waals surface area contributed by atoms with E-state index < -0.39 is 4.92 Å². The van der Waals surface area contributed by atoms with Crippen molar-refractivity contribution in [1.29, 1.82) is 0 Å². The van der Waals surface area contributed by atoms with E-state index in [1.807, 2.05) is 24.3 Å². The molecule has 6 heteroatoms. The fourth-order valence-corrected chi connectivity index (χ4v) is 2.91. The van der Waals surface area contributed by atoms with Crippen molar-refractivity contribution >= 4 is 27.4 Å². The molecule has 0 atom stereocenters. The van der Waals surface area contributed by atoms with Crippen LogP contribution in [-0.4, -0.2) is 14.5 Å². The standard InChI is InChI=1S/C12H9N3O2S/c1-14-9(6-7-11(14)15(16)17)12-13-8-4-2-3-5-10(8)18-12/h2-7H,1H3. The van der Waals surface area contributed by atoms with Crippen LogP contribution in [0.2, 0.25) is 0 Å². The molecule has 5 nitrogen and oxygen atoms in total. The first-order chi connectivity index (χ1) is 8.66. The van der Waals surface area contributed by atoms with E-state index in [2.05, 4.69) is 4.98 Å². The Morgan fingerprint density at radius 2 is 2.06 bits per heavy atom. The highest BCUT2D eigenvalue weighted by Gasteiger charge is 2.18. The summed E-state index contributed by atoms with van der Waals surface area (Å²) in [5.74, 6) is 0.0734. The number of nitro groups is 1. The van der Waals surface area contributed by atoms with E-state index in [0.717, 1.165) is 20.9 Å². The van der Waals surface area contributed by atoms with Gasteiger partial charge < -0.3 is 10.1 Å². The van der Waals surface area contributed by atoms with Crippen molar-refractivity contribution in [2.75, 3.05) is 0 Å². The molecule has 0 aliphatic carbocycles. The Balaban J connectivity index is 2.17. The van der Waals surface area contributed by atoms with Crippen LogP contribution in [0.3, 0.4) is 0 Å². The summed E-state index contributed by atoms with van der Waals surface area (Å²) in [6.07, 6.45) is 0. The zero-order valence-electron chi connectivity index (χ0n) is 9.53. The number of hydrogen-bond donors (Lipinski definition) is 0. The quantitative estimate of drug-likeness (QED) is 0.524. The highest BCUT2D eigenvalue weighted by molar-refractivity contribution is 7.21. The van der Waals surface area contributed by atoms with Gasteiger partial charge in [0, 0.05) is 6.07 Å². The van der Waals surface area contributed by atoms with E-state index in [-0.39, 0.29) is 5.82 Å². The lowest BCUT2D eigenvalue weighted by atomic mass is 10.3. The lowest BCUT2D eigenvalue weighted by molar-refractivity contribution is -0.391. The number of rotatable bonds is 2. The number of nitrogens with zero attached hydrogens (tertiary/aromatic N) is 3. The average Bonchev–Trinajstić information content (AvgIpc) is 2.91. The summed E-state index contributed by atoms with van der Waals surface area (Å²) in [6, 6.07) is 11.1. The molecular formula is C12H9N3O2S. The minimum atomic E-state index is -0.392. The van der Waals surface area contributed by atoms with Crippen molar-refractivity contribution in [3.8, 4) is 10.7 Å². The van der Waals surface area contributed by atoms with Crippen LogP contribution in [0.5, 0.6) is 0 Å². The lowest BCUT2D eigenvalue weighted by Gasteiger charge is -1.96. The Morgan fingerprint density at radius 1 is 1.28 bits per heavy atom. The molecule has 2 heterocycles. The largest absolute Gasteiger partial charge is 0.358 e. The highest BCUT2D eigenvalue weighted by Crippen LogP contribution is 2.32. The molecule has 0 saturated heterocycles. The normalized spacial score (nSPS) is 10.9. The van der Waals surface area contributed by atoms with E-state index in [4.69, 9.17) is 0 Å². The summed E-state index contributed by atoms with van der Waals surface area (Å²) in [5, 5.41) is 11.6. The Morgan fingerprint density at radius 3 is 2.72 bits per heavy atom. The van der Waals surface area contributed by atoms with Gasteiger partial charge >= 0.3 is 5.82 Å². The van der Waals surface area contributed by atoms with Gasteiger partial charge in [0.1, 0.15) is 0 Å². The molecule has 1 aromatic carbocycles. The summed E-state index contributed by atoms with van der Waals surface area (Å²) in [4.78, 5) is 14.9. The van der Waals surface area contributed by atoms with Gasteiger partial charge in [-0.1, -0.05) is 12.1 Å². The van der Waals surface area contributed by atoms with E-state index in [9.17, 15) is 10.1 Å². The summed E-state index contributed by atoms with van der Waals surface area (Å²) in [7, 11) is 1.68. The molecule has 18 heavy (non-hydrogen) atoms. The monoisotopic (exact) mass is 259 g/mol. The molecule has 90 valence electrons. The zero-order valence-corrected chi connectivity index (χ0v) is 10.3. The van der Waals surface area contributed by atoms with Gasteiger partial charge in [-0.15, -0.1) is 11.3 Å². The van der Waals surface area contributed by atoms with Crippen LogP contribution < -0.4 is 0 Å². The second-order valence-corrected chi connectivity index (χ2v) is 4.91. The molecule has 0 fully saturated rings. The molecule has 0 amide bonds. The van der Waals surface area contributed by atoms with E-state index in [0.29, 0.717) is 0 Å². The lowest BCUT2D eigenvalue weighted by Crippen LogP contribution is -1.98. The van der Waals surface area contributed by atoms with Crippen molar-refractivity contribution < 1.29 is 4.92 Å². The maximum Gasteiger partial charge on any atom is 0.323 e. The smallest absolute Gasteiger partial charge is 0.323 e. The van der Waals surface area contributed by atoms with E-state index in [1.165, 1.54) is 17.4 Å². The predicted molar refractivity (Wildman–Crippen MR) is 70.7 cm³/mol. The Labute approximate surface area is 106 Å². The number of hydrogen-bond acceptors (Lipinski definition) is 4. The molecule has 0 N–H and O–H groups in total. The van der Waals surface area contributed by atoms with Gasteiger partial charge in [-0.05, 0) is 23.1 Å². The van der Waals surface area contributed by atoms with Crippen molar-refractivity contribution in [2.24, 2.45) is 7.05 Å². The number of para-hydroxylation sites is 1. The van der Waals surface area contributed by atoms with Crippen molar-refractivity contribution in [3.05, 3.63) is 46.5 Å². The van der Waals surface area contributed by atoms with Gasteiger partial charge in [0.05, 0.1) is 17.3 Å². The molecule has 0 saturated carbocycles. The Bertz CT molecular complexity index is 712. The number of benzene rings is 1. The first kappa shape index (κ1) is 10.9. The third-order valence-corrected chi connectivity index (χ3v) is 3.85. The SMILES string of the molecule is Cn1c(-c2nc3ccccc3s2)ccc1[N+](=O)[O-]. The second-order valence-electron chi connectivity index (χ2n) is 3.88. The van der Waals surface area contributed by atoms with Gasteiger partial charge in [-0.2, -0.15) is 0 Å². The molecule has 3 rings (SSSR count). The third-order valence-electron chi connectivity index (χ3n) is 2.80. The van der Waals surface area contributed by atoms with Gasteiger partial charge in [0.25, 0.3) is 0 Å². The van der Waals surface area contributed by atoms with Gasteiger partial charge in [-0.25, -0.2) is 9.55 Å². The van der Waals surface area contributed by atoms with Crippen LogP contribution in [0.1, 0.15) is 0 Å². The van der Waals surface area contributed by atoms with Crippen molar-refractivity contribution in [3.63, 3.8) is 0 Å². The molecule has 0 aliphatic rings. The van der Waals surface area contributed by atoms with Gasteiger partial charge in [0.15, 0.2) is 10.7 Å². The topological polar surface area (TPSA) is 61.0 Å². The minimum absolute atomic E-state index is 0.0734. The first-order valence-electron chi connectivity index (χ1n) is 5.33. The highest BCUT2D eigenvalue weighted by atomic mass is 32.1. The fourth-order valence-electron chi connectivity index (χ4n) is 1.88. The van der Waals surface area contributed by atoms with E-state index >= 15 is 0 Å². The molecular weight excluding hydrogens is 250 g/mol. The molecule has 0 spiro atoms. The third kappa shape index (κ3) is 1.58. The number of aromatic nitrogens is 2. The molecule has 0 radical (unpaired) electrons. The van der Waals surface area contributed by atoms with Crippen LogP contribution >= 0.6 is 11.3 Å². The van der Waals surface area contributed by atoms with Crippen LogP contribution in [0.4, 0.5) is 5.82 Å². The van der Waals surface area contributed by atoms with Crippen LogP contribution in [0.25, 0.3) is 20.9 Å². The molecule has 3 aromatic rings. The van der Waals surface area contributed by atoms with Crippen LogP contribution in [0, 0.1) is 10.1 Å². The molecule has 2 aromatic heterocycles. The van der Waals surface area contributed by atoms with Gasteiger partial charge in [-0.3, -0.25) is 0 Å². The van der Waals surface area contributed by atoms with Crippen molar-refractivity contribution in [2.45, 2.75) is 0 Å². The zero-order chi connectivity index (χ0) is 12.7. The maximum atomic E-state index is 10.8. The maximum absolute atomic E-state index is 10.8. The van der Waals surface area contributed by atoms with Crippen molar-refractivity contribution in [1.82, 2.24) is 9.55 Å². The van der Waals surface area contributed by atoms with E-state index in [1.54, 1.807) is 17.7 Å². The summed E-state index contributed by atoms with van der Waals surface area (Å²) in [6.45, 7) is 0. The number of thiazole rings is 1. The molecule has 0 unspecified atom stereocenters. The summed E-state index contributed by atoms with van der Waals surface area (Å²) in [5.41, 5.74) is 1.68. The minimum Gasteiger partial charge on any atom is -0.358 e. The summed E-state index contributed by atoms with van der Waals surface area (Å²) >= 11 is 1.54. The van der Waals surface area contributed by atoms with Gasteiger partial charge in [0.2, 0.25) is 0 Å². The van der Waals surface area contributed by atoms with Crippen LogP contribution in [0.15, 0.2) is 36.4 Å². The number of fused-ring (bicyclic) bond motifs is 1. The molecule has 0 aliphatic heterocycles. The Hall–Kier alpha value is -2.21. The van der Waals surface area contributed by atoms with Crippen LogP contribution in [-0.2, 0) is 7.05 Å². The predicted octanol–water partition coefficient (Wildman–Crippen LogP) is 3.21. The average molecular weight is 259 g/mol. The Kier molecular flexibility index (Phi) is 2.38.